The molecular weight excluding hydrogens is 478 g/mol. The molecule has 3 aromatic carbocycles. The van der Waals surface area contributed by atoms with Crippen molar-refractivity contribution in [3.8, 4) is 5.75 Å². The molecule has 2 atom stereocenters. The van der Waals surface area contributed by atoms with Gasteiger partial charge in [0.15, 0.2) is 0 Å². The Bertz CT molecular complexity index is 1050. The van der Waals surface area contributed by atoms with Crippen molar-refractivity contribution in [3.63, 3.8) is 0 Å². The molecule has 0 spiro atoms. The number of phenols is 1. The van der Waals surface area contributed by atoms with E-state index in [1.807, 2.05) is 60.7 Å². The molecule has 1 aliphatic heterocycles. The highest BCUT2D eigenvalue weighted by atomic mass is 16.6. The van der Waals surface area contributed by atoms with Crippen LogP contribution in [0.25, 0.3) is 0 Å². The molecule has 0 unspecified atom stereocenters. The Balaban J connectivity index is 1.55. The van der Waals surface area contributed by atoms with Gasteiger partial charge in [0.25, 0.3) is 5.69 Å². The first-order chi connectivity index (χ1) is 18.1. The van der Waals surface area contributed by atoms with Gasteiger partial charge in [-0.1, -0.05) is 60.7 Å². The molecule has 0 amide bonds. The molecule has 37 heavy (non-hydrogen) atoms. The molecule has 1 aliphatic rings. The maximum absolute atomic E-state index is 11.6. The summed E-state index contributed by atoms with van der Waals surface area (Å²) in [5.41, 5.74) is 2.33. The van der Waals surface area contributed by atoms with Crippen LogP contribution in [0.3, 0.4) is 0 Å². The molecule has 0 aliphatic carbocycles. The molecule has 0 fully saturated rings. The van der Waals surface area contributed by atoms with Gasteiger partial charge in [0, 0.05) is 23.3 Å². The second-order valence-electron chi connectivity index (χ2n) is 8.55. The minimum atomic E-state index is -0.496. The van der Waals surface area contributed by atoms with Gasteiger partial charge in [0.2, 0.25) is 0 Å². The van der Waals surface area contributed by atoms with E-state index in [0.29, 0.717) is 37.6 Å². The lowest BCUT2D eigenvalue weighted by Gasteiger charge is -2.21. The summed E-state index contributed by atoms with van der Waals surface area (Å²) in [5, 5.41) is 22.4. The summed E-state index contributed by atoms with van der Waals surface area (Å²) in [6.07, 6.45) is -0.739. The number of non-ortho nitro benzene ring substituents is 1. The number of rotatable bonds is 3. The zero-order chi connectivity index (χ0) is 25.9. The van der Waals surface area contributed by atoms with Gasteiger partial charge in [-0.15, -0.1) is 0 Å². The Kier molecular flexibility index (Phi) is 9.98. The zero-order valence-electron chi connectivity index (χ0n) is 20.5. The summed E-state index contributed by atoms with van der Waals surface area (Å²) in [6, 6.07) is 21.9. The quantitative estimate of drug-likeness (QED) is 0.393. The molecule has 4 rings (SSSR count). The Morgan fingerprint density at radius 1 is 0.703 bits per heavy atom. The van der Waals surface area contributed by atoms with Gasteiger partial charge in [-0.3, -0.25) is 10.1 Å². The predicted octanol–water partition coefficient (Wildman–Crippen LogP) is 4.88. The molecule has 0 aromatic heterocycles. The lowest BCUT2D eigenvalue weighted by Crippen LogP contribution is -2.18. The van der Waals surface area contributed by atoms with Gasteiger partial charge < -0.3 is 28.8 Å². The first-order valence-corrected chi connectivity index (χ1v) is 12.2. The molecule has 1 N–H and O–H groups in total. The highest BCUT2D eigenvalue weighted by Crippen LogP contribution is 2.31. The van der Waals surface area contributed by atoms with Crippen LogP contribution in [0.1, 0.15) is 34.5 Å². The summed E-state index contributed by atoms with van der Waals surface area (Å²) in [6.45, 7) is 1.79. The van der Waals surface area contributed by atoms with E-state index in [2.05, 4.69) is 0 Å². The molecule has 3 aromatic rings. The van der Waals surface area contributed by atoms with Gasteiger partial charge in [-0.05, 0) is 11.1 Å². The van der Waals surface area contributed by atoms with Crippen molar-refractivity contribution >= 4 is 5.69 Å². The van der Waals surface area contributed by atoms with Gasteiger partial charge >= 0.3 is 0 Å². The standard InChI is InChI=1S/C28H31NO8/c30-28-23-15-25(29(31)32)16-24(28)18-35-20-27(22-9-5-2-6-10-22)37-14-12-33-11-13-36-26(19-34-17-23)21-7-3-1-4-8-21/h1-10,15-16,26-27,30H,11-14,17-20H2/t26-,27-/m1/s1. The summed E-state index contributed by atoms with van der Waals surface area (Å²) in [7, 11) is 0. The van der Waals surface area contributed by atoms with E-state index in [9.17, 15) is 15.2 Å². The van der Waals surface area contributed by atoms with Crippen LogP contribution >= 0.6 is 0 Å². The van der Waals surface area contributed by atoms with Gasteiger partial charge in [-0.25, -0.2) is 0 Å². The third-order valence-electron chi connectivity index (χ3n) is 5.95. The number of nitro benzene ring substituents is 1. The van der Waals surface area contributed by atoms with Crippen molar-refractivity contribution in [2.75, 3.05) is 39.6 Å². The van der Waals surface area contributed by atoms with Crippen LogP contribution in [0, 0.1) is 10.1 Å². The van der Waals surface area contributed by atoms with Crippen molar-refractivity contribution in [3.05, 3.63) is 105 Å². The lowest BCUT2D eigenvalue weighted by molar-refractivity contribution is -0.385. The fourth-order valence-electron chi connectivity index (χ4n) is 4.04. The normalized spacial score (nSPS) is 20.4. The van der Waals surface area contributed by atoms with E-state index in [0.717, 1.165) is 11.1 Å². The first kappa shape index (κ1) is 26.7. The topological polar surface area (TPSA) is 110 Å². The molecule has 0 saturated carbocycles. The van der Waals surface area contributed by atoms with E-state index < -0.39 is 4.92 Å². The number of nitrogens with zero attached hydrogens (tertiary/aromatic N) is 1. The minimum Gasteiger partial charge on any atom is -0.507 e. The smallest absolute Gasteiger partial charge is 0.270 e. The van der Waals surface area contributed by atoms with Crippen LogP contribution in [0.2, 0.25) is 0 Å². The Morgan fingerprint density at radius 3 is 1.59 bits per heavy atom. The van der Waals surface area contributed by atoms with Crippen LogP contribution in [0.15, 0.2) is 72.8 Å². The van der Waals surface area contributed by atoms with Crippen molar-refractivity contribution in [2.45, 2.75) is 25.4 Å². The Labute approximate surface area is 215 Å². The number of ether oxygens (including phenoxy) is 5. The number of aromatic hydroxyl groups is 1. The third kappa shape index (κ3) is 7.82. The second-order valence-corrected chi connectivity index (χ2v) is 8.55. The Hall–Kier alpha value is -3.34. The number of hydrogen-bond acceptors (Lipinski definition) is 8. The molecule has 9 heteroatoms. The lowest BCUT2D eigenvalue weighted by atomic mass is 10.1. The predicted molar refractivity (Wildman–Crippen MR) is 135 cm³/mol. The minimum absolute atomic E-state index is 0.0283. The van der Waals surface area contributed by atoms with Crippen LogP contribution in [0.5, 0.6) is 5.75 Å². The summed E-state index contributed by atoms with van der Waals surface area (Å²) in [5.74, 6) is -0.0884. The highest BCUT2D eigenvalue weighted by molar-refractivity contribution is 5.49. The second kappa shape index (κ2) is 13.8. The summed E-state index contributed by atoms with van der Waals surface area (Å²) < 4.78 is 29.5. The third-order valence-corrected chi connectivity index (χ3v) is 5.95. The summed E-state index contributed by atoms with van der Waals surface area (Å²) in [4.78, 5) is 11.1. The molecule has 1 heterocycles. The largest absolute Gasteiger partial charge is 0.507 e. The van der Waals surface area contributed by atoms with Crippen molar-refractivity contribution in [1.29, 1.82) is 0 Å². The highest BCUT2D eigenvalue weighted by Gasteiger charge is 2.20. The number of hydrogen-bond donors (Lipinski definition) is 1. The molecule has 196 valence electrons. The maximum atomic E-state index is 11.6. The van der Waals surface area contributed by atoms with Crippen LogP contribution in [-0.4, -0.2) is 49.7 Å². The number of phenolic OH excluding ortho intramolecular Hbond substituents is 1. The zero-order valence-corrected chi connectivity index (χ0v) is 20.5. The molecule has 9 nitrogen and oxygen atoms in total. The van der Waals surface area contributed by atoms with Gasteiger partial charge in [0.1, 0.15) is 18.0 Å². The van der Waals surface area contributed by atoms with E-state index in [4.69, 9.17) is 23.7 Å². The SMILES string of the molecule is O=[N+]([O-])c1cc2c(O)c(c1)COC[C@H](c1ccccc1)OCCOCCO[C@@H](c1ccccc1)COC2. The van der Waals surface area contributed by atoms with Crippen molar-refractivity contribution in [2.24, 2.45) is 0 Å². The maximum Gasteiger partial charge on any atom is 0.270 e. The average Bonchev–Trinajstić information content (AvgIpc) is 2.92. The molecule has 0 radical (unpaired) electrons. The monoisotopic (exact) mass is 509 g/mol. The van der Waals surface area contributed by atoms with Crippen LogP contribution in [0.4, 0.5) is 5.69 Å². The van der Waals surface area contributed by atoms with Gasteiger partial charge in [0.05, 0.1) is 57.8 Å². The number of benzene rings is 3. The molecule has 2 bridgehead atoms. The fraction of sp³-hybridized carbons (Fsp3) is 0.357. The van der Waals surface area contributed by atoms with Crippen LogP contribution < -0.4 is 0 Å². The average molecular weight is 510 g/mol. The van der Waals surface area contributed by atoms with Gasteiger partial charge in [-0.2, -0.15) is 0 Å². The Morgan fingerprint density at radius 2 is 1.16 bits per heavy atom. The van der Waals surface area contributed by atoms with Crippen LogP contribution in [-0.2, 0) is 36.9 Å². The van der Waals surface area contributed by atoms with Crippen molar-refractivity contribution in [1.82, 2.24) is 0 Å². The first-order valence-electron chi connectivity index (χ1n) is 12.2. The van der Waals surface area contributed by atoms with E-state index in [1.165, 1.54) is 12.1 Å². The van der Waals surface area contributed by atoms with Crippen molar-refractivity contribution < 1.29 is 33.7 Å². The van der Waals surface area contributed by atoms with E-state index in [1.54, 1.807) is 0 Å². The van der Waals surface area contributed by atoms with E-state index >= 15 is 0 Å². The molecule has 0 saturated heterocycles. The fourth-order valence-corrected chi connectivity index (χ4v) is 4.04. The summed E-state index contributed by atoms with van der Waals surface area (Å²) >= 11 is 0. The number of fused-ring (bicyclic) bond motifs is 2. The number of nitro groups is 1. The molecular formula is C28H31NO8. The van der Waals surface area contributed by atoms with E-state index in [-0.39, 0.29) is 50.1 Å².